The number of amides is 1. The average Bonchev–Trinajstić information content (AvgIpc) is 2.57. The molecule has 7 heteroatoms. The minimum Gasteiger partial charge on any atom is -0.444 e. The third kappa shape index (κ3) is 5.56. The third-order valence-electron chi connectivity index (χ3n) is 3.91. The molecule has 1 fully saturated rings. The number of carbonyl (C=O) groups is 1. The molecule has 1 aliphatic heterocycles. The molecule has 1 saturated heterocycles. The topological polar surface area (TPSA) is 87.5 Å². The zero-order valence-electron chi connectivity index (χ0n) is 16.2. The predicted octanol–water partition coefficient (Wildman–Crippen LogP) is 4.86. The maximum atomic E-state index is 12.8. The van der Waals surface area contributed by atoms with Crippen LogP contribution in [0.1, 0.15) is 68.2 Å². The first-order chi connectivity index (χ1) is 10.9. The minimum absolute atomic E-state index is 0.105. The molecule has 3 atom stereocenters. The van der Waals surface area contributed by atoms with Crippen LogP contribution in [0, 0.1) is 5.92 Å². The minimum atomic E-state index is -0.761. The van der Waals surface area contributed by atoms with E-state index >= 15 is 0 Å². The second-order valence-electron chi connectivity index (χ2n) is 8.44. The van der Waals surface area contributed by atoms with E-state index in [1.54, 1.807) is 4.90 Å². The quantitative estimate of drug-likeness (QED) is 0.406. The Labute approximate surface area is 145 Å². The lowest BCUT2D eigenvalue weighted by Crippen LogP contribution is -2.50. The van der Waals surface area contributed by atoms with E-state index in [0.29, 0.717) is 12.3 Å². The molecule has 24 heavy (non-hydrogen) atoms. The summed E-state index contributed by atoms with van der Waals surface area (Å²) in [6, 6.07) is -0.296. The van der Waals surface area contributed by atoms with Crippen molar-refractivity contribution in [1.29, 1.82) is 0 Å². The van der Waals surface area contributed by atoms with Gasteiger partial charge in [-0.1, -0.05) is 25.9 Å². The molecule has 1 aliphatic rings. The lowest BCUT2D eigenvalue weighted by atomic mass is 9.95. The van der Waals surface area contributed by atoms with Gasteiger partial charge < -0.3 is 9.47 Å². The van der Waals surface area contributed by atoms with Crippen molar-refractivity contribution in [1.82, 2.24) is 4.90 Å². The smallest absolute Gasteiger partial charge is 0.412 e. The van der Waals surface area contributed by atoms with E-state index in [1.165, 1.54) is 0 Å². The molecule has 0 saturated carbocycles. The summed E-state index contributed by atoms with van der Waals surface area (Å²) in [6.45, 7) is 15.4. The van der Waals surface area contributed by atoms with Crippen LogP contribution < -0.4 is 0 Å². The standard InChI is InChI=1S/C17H32N4O3/c1-11(2)9-13-14(10-12(3)19-20-18)23-17(7,8)21(13)15(22)24-16(4,5)6/h11-14H,9-10H2,1-8H3/t12-,13-,14-/m0/s1. The first kappa shape index (κ1) is 20.6. The van der Waals surface area contributed by atoms with E-state index in [-0.39, 0.29) is 24.3 Å². The molecule has 1 heterocycles. The first-order valence-corrected chi connectivity index (χ1v) is 8.61. The molecule has 0 aliphatic carbocycles. The Bertz CT molecular complexity index is 493. The van der Waals surface area contributed by atoms with Gasteiger partial charge in [0.05, 0.1) is 12.1 Å². The van der Waals surface area contributed by atoms with Crippen molar-refractivity contribution in [3.8, 4) is 0 Å². The summed E-state index contributed by atoms with van der Waals surface area (Å²) in [6.07, 6.45) is 0.827. The van der Waals surface area contributed by atoms with Gasteiger partial charge in [-0.3, -0.25) is 4.90 Å². The number of azide groups is 1. The second-order valence-corrected chi connectivity index (χ2v) is 8.44. The summed E-state index contributed by atoms with van der Waals surface area (Å²) in [5.74, 6) is 0.398. The van der Waals surface area contributed by atoms with Gasteiger partial charge in [0.2, 0.25) is 0 Å². The van der Waals surface area contributed by atoms with E-state index in [4.69, 9.17) is 15.0 Å². The molecule has 0 aromatic heterocycles. The molecule has 7 nitrogen and oxygen atoms in total. The highest BCUT2D eigenvalue weighted by molar-refractivity contribution is 5.70. The predicted molar refractivity (Wildman–Crippen MR) is 93.5 cm³/mol. The van der Waals surface area contributed by atoms with E-state index in [0.717, 1.165) is 6.42 Å². The van der Waals surface area contributed by atoms with Crippen molar-refractivity contribution < 1.29 is 14.3 Å². The summed E-state index contributed by atoms with van der Waals surface area (Å²) in [5, 5.41) is 3.74. The van der Waals surface area contributed by atoms with Crippen LogP contribution in [0.15, 0.2) is 5.11 Å². The number of ether oxygens (including phenoxy) is 2. The molecule has 0 bridgehead atoms. The van der Waals surface area contributed by atoms with Gasteiger partial charge in [-0.05, 0) is 58.9 Å². The van der Waals surface area contributed by atoms with Gasteiger partial charge in [0.25, 0.3) is 0 Å². The van der Waals surface area contributed by atoms with Gasteiger partial charge in [0, 0.05) is 11.0 Å². The monoisotopic (exact) mass is 340 g/mol. The average molecular weight is 340 g/mol. The van der Waals surface area contributed by atoms with E-state index in [9.17, 15) is 4.79 Å². The highest BCUT2D eigenvalue weighted by Crippen LogP contribution is 2.38. The van der Waals surface area contributed by atoms with E-state index in [1.807, 2.05) is 41.5 Å². The summed E-state index contributed by atoms with van der Waals surface area (Å²) in [4.78, 5) is 17.3. The van der Waals surface area contributed by atoms with Gasteiger partial charge in [-0.25, -0.2) is 4.79 Å². The van der Waals surface area contributed by atoms with Crippen LogP contribution in [-0.4, -0.2) is 40.5 Å². The molecular weight excluding hydrogens is 308 g/mol. The van der Waals surface area contributed by atoms with Gasteiger partial charge in [0.15, 0.2) is 0 Å². The van der Waals surface area contributed by atoms with Gasteiger partial charge in [-0.2, -0.15) is 0 Å². The maximum absolute atomic E-state index is 12.8. The van der Waals surface area contributed by atoms with Gasteiger partial charge in [0.1, 0.15) is 11.3 Å². The summed E-state index contributed by atoms with van der Waals surface area (Å²) in [7, 11) is 0. The van der Waals surface area contributed by atoms with Crippen LogP contribution in [0.2, 0.25) is 0 Å². The number of hydrogen-bond donors (Lipinski definition) is 0. The van der Waals surface area contributed by atoms with Gasteiger partial charge in [-0.15, -0.1) is 0 Å². The van der Waals surface area contributed by atoms with Crippen LogP contribution in [-0.2, 0) is 9.47 Å². The van der Waals surface area contributed by atoms with Gasteiger partial charge >= 0.3 is 6.09 Å². The molecule has 1 amide bonds. The number of hydrogen-bond acceptors (Lipinski definition) is 4. The summed E-state index contributed by atoms with van der Waals surface area (Å²) < 4.78 is 11.8. The Kier molecular flexibility index (Phi) is 6.53. The first-order valence-electron chi connectivity index (χ1n) is 8.61. The molecule has 0 unspecified atom stereocenters. The fourth-order valence-corrected chi connectivity index (χ4v) is 3.15. The zero-order chi connectivity index (χ0) is 18.7. The van der Waals surface area contributed by atoms with Crippen LogP contribution in [0.4, 0.5) is 4.79 Å². The Morgan fingerprint density at radius 2 is 1.92 bits per heavy atom. The van der Waals surface area contributed by atoms with Crippen molar-refractivity contribution in [2.45, 2.75) is 97.7 Å². The fraction of sp³-hybridized carbons (Fsp3) is 0.941. The van der Waals surface area contributed by atoms with E-state index in [2.05, 4.69) is 23.9 Å². The third-order valence-corrected chi connectivity index (χ3v) is 3.91. The molecule has 1 rings (SSSR count). The molecule has 0 aromatic rings. The maximum Gasteiger partial charge on any atom is 0.412 e. The van der Waals surface area contributed by atoms with Crippen LogP contribution in [0.5, 0.6) is 0 Å². The van der Waals surface area contributed by atoms with Crippen LogP contribution in [0.3, 0.4) is 0 Å². The largest absolute Gasteiger partial charge is 0.444 e. The Hall–Kier alpha value is -1.46. The lowest BCUT2D eigenvalue weighted by molar-refractivity contribution is -0.0804. The second kappa shape index (κ2) is 7.62. The Morgan fingerprint density at radius 1 is 1.33 bits per heavy atom. The zero-order valence-corrected chi connectivity index (χ0v) is 16.2. The molecular formula is C17H32N4O3. The Balaban J connectivity index is 3.08. The van der Waals surface area contributed by atoms with E-state index < -0.39 is 11.3 Å². The van der Waals surface area contributed by atoms with Crippen LogP contribution in [0.25, 0.3) is 10.4 Å². The molecule has 0 N–H and O–H groups in total. The van der Waals surface area contributed by atoms with Crippen molar-refractivity contribution in [3.63, 3.8) is 0 Å². The SMILES string of the molecule is CC(C)C[C@H]1[C@H](C[C@H](C)N=[N+]=[N-])OC(C)(C)N1C(=O)OC(C)(C)C. The van der Waals surface area contributed by atoms with Crippen LogP contribution >= 0.6 is 0 Å². The molecule has 138 valence electrons. The molecule has 0 aromatic carbocycles. The molecule has 0 spiro atoms. The highest BCUT2D eigenvalue weighted by atomic mass is 16.6. The van der Waals surface area contributed by atoms with Crippen molar-refractivity contribution in [2.75, 3.05) is 0 Å². The normalized spacial score (nSPS) is 24.6. The summed E-state index contributed by atoms with van der Waals surface area (Å²) >= 11 is 0. The van der Waals surface area contributed by atoms with Crippen molar-refractivity contribution in [3.05, 3.63) is 10.4 Å². The summed E-state index contributed by atoms with van der Waals surface area (Å²) in [5.41, 5.74) is 7.30. The number of nitrogens with zero attached hydrogens (tertiary/aromatic N) is 4. The fourth-order valence-electron chi connectivity index (χ4n) is 3.15. The number of carbonyl (C=O) groups excluding carboxylic acids is 1. The number of rotatable bonds is 5. The van der Waals surface area contributed by atoms with Crippen molar-refractivity contribution in [2.24, 2.45) is 11.0 Å². The lowest BCUT2D eigenvalue weighted by Gasteiger charge is -2.35. The highest BCUT2D eigenvalue weighted by Gasteiger charge is 2.51. The molecule has 0 radical (unpaired) electrons. The Morgan fingerprint density at radius 3 is 2.38 bits per heavy atom. The van der Waals surface area contributed by atoms with Crippen molar-refractivity contribution >= 4 is 6.09 Å².